The number of rotatable bonds is 7. The number of hydrogen-bond donors (Lipinski definition) is 1. The first-order chi connectivity index (χ1) is 11.0. The van der Waals surface area contributed by atoms with Crippen LogP contribution in [0.3, 0.4) is 0 Å². The molecule has 0 atom stereocenters. The number of hydrogen-bond acceptors (Lipinski definition) is 5. The highest BCUT2D eigenvalue weighted by Crippen LogP contribution is 2.28. The van der Waals surface area contributed by atoms with E-state index in [0.29, 0.717) is 13.1 Å². The van der Waals surface area contributed by atoms with Crippen molar-refractivity contribution in [1.29, 1.82) is 0 Å². The summed E-state index contributed by atoms with van der Waals surface area (Å²) in [5.41, 5.74) is -0.122. The zero-order valence-corrected chi connectivity index (χ0v) is 13.3. The van der Waals surface area contributed by atoms with Gasteiger partial charge in [0.2, 0.25) is 5.91 Å². The molecule has 0 aliphatic heterocycles. The summed E-state index contributed by atoms with van der Waals surface area (Å²) in [7, 11) is 0. The number of likely N-dealkylation sites (N-methyl/N-ethyl adjacent to an activating group) is 1. The van der Waals surface area contributed by atoms with Crippen LogP contribution in [-0.4, -0.2) is 23.9 Å². The van der Waals surface area contributed by atoms with E-state index < -0.39 is 10.7 Å². The Balaban J connectivity index is 2.07. The number of carbonyl (C=O) groups excluding carboxylic acids is 1. The van der Waals surface area contributed by atoms with Crippen molar-refractivity contribution in [1.82, 2.24) is 5.32 Å². The third-order valence-corrected chi connectivity index (χ3v) is 4.11. The van der Waals surface area contributed by atoms with Gasteiger partial charge in [0.1, 0.15) is 11.5 Å². The number of nitro groups is 1. The van der Waals surface area contributed by atoms with Crippen LogP contribution in [0.15, 0.2) is 35.7 Å². The number of thiophene rings is 1. The molecule has 122 valence electrons. The molecule has 1 heterocycles. The van der Waals surface area contributed by atoms with Gasteiger partial charge in [-0.25, -0.2) is 4.39 Å². The van der Waals surface area contributed by atoms with E-state index in [1.165, 1.54) is 17.4 Å². The first kappa shape index (κ1) is 16.9. The second-order valence-corrected chi connectivity index (χ2v) is 5.79. The Morgan fingerprint density at radius 3 is 2.83 bits per heavy atom. The monoisotopic (exact) mass is 337 g/mol. The van der Waals surface area contributed by atoms with Crippen molar-refractivity contribution in [3.8, 4) is 0 Å². The number of halogens is 1. The maximum atomic E-state index is 13.2. The van der Waals surface area contributed by atoms with Crippen molar-refractivity contribution >= 4 is 28.6 Å². The van der Waals surface area contributed by atoms with Gasteiger partial charge in [-0.2, -0.15) is 0 Å². The smallest absolute Gasteiger partial charge is 0.295 e. The summed E-state index contributed by atoms with van der Waals surface area (Å²) in [6.07, 6.45) is 0. The van der Waals surface area contributed by atoms with Crippen molar-refractivity contribution in [2.75, 3.05) is 18.0 Å². The Labute approximate surface area is 136 Å². The second kappa shape index (κ2) is 7.68. The molecular weight excluding hydrogens is 321 g/mol. The Hall–Kier alpha value is -2.48. The molecule has 8 heteroatoms. The normalized spacial score (nSPS) is 10.3. The van der Waals surface area contributed by atoms with E-state index in [1.807, 2.05) is 17.5 Å². The first-order valence-corrected chi connectivity index (χ1v) is 7.87. The Bertz CT molecular complexity index is 691. The molecule has 0 unspecified atom stereocenters. The van der Waals surface area contributed by atoms with Gasteiger partial charge in [0.15, 0.2) is 0 Å². The van der Waals surface area contributed by atoms with Gasteiger partial charge in [0, 0.05) is 11.4 Å². The highest BCUT2D eigenvalue weighted by molar-refractivity contribution is 7.09. The van der Waals surface area contributed by atoms with Crippen LogP contribution in [-0.2, 0) is 11.3 Å². The number of anilines is 1. The first-order valence-electron chi connectivity index (χ1n) is 6.99. The molecule has 23 heavy (non-hydrogen) atoms. The number of nitrogens with zero attached hydrogens (tertiary/aromatic N) is 2. The average Bonchev–Trinajstić information content (AvgIpc) is 3.04. The van der Waals surface area contributed by atoms with Crippen molar-refractivity contribution in [3.63, 3.8) is 0 Å². The molecule has 1 aromatic heterocycles. The summed E-state index contributed by atoms with van der Waals surface area (Å²) in [4.78, 5) is 25.0. The van der Waals surface area contributed by atoms with E-state index in [0.717, 1.165) is 17.0 Å². The van der Waals surface area contributed by atoms with E-state index in [1.54, 1.807) is 11.8 Å². The second-order valence-electron chi connectivity index (χ2n) is 4.76. The molecule has 0 saturated carbocycles. The van der Waals surface area contributed by atoms with Gasteiger partial charge in [-0.15, -0.1) is 11.3 Å². The van der Waals surface area contributed by atoms with Crippen molar-refractivity contribution in [2.24, 2.45) is 0 Å². The van der Waals surface area contributed by atoms with E-state index >= 15 is 0 Å². The maximum Gasteiger partial charge on any atom is 0.295 e. The van der Waals surface area contributed by atoms with Crippen LogP contribution in [0.5, 0.6) is 0 Å². The van der Waals surface area contributed by atoms with Crippen LogP contribution in [0.4, 0.5) is 15.8 Å². The van der Waals surface area contributed by atoms with Crippen LogP contribution in [0.1, 0.15) is 11.8 Å². The number of benzene rings is 1. The minimum absolute atomic E-state index is 0.0334. The highest BCUT2D eigenvalue weighted by atomic mass is 32.1. The maximum absolute atomic E-state index is 13.2. The highest BCUT2D eigenvalue weighted by Gasteiger charge is 2.21. The zero-order chi connectivity index (χ0) is 16.8. The quantitative estimate of drug-likeness (QED) is 0.622. The Morgan fingerprint density at radius 2 is 2.22 bits per heavy atom. The predicted octanol–water partition coefficient (Wildman–Crippen LogP) is 2.94. The van der Waals surface area contributed by atoms with E-state index in [4.69, 9.17) is 0 Å². The molecule has 0 aliphatic carbocycles. The molecular formula is C15H16FN3O3S. The lowest BCUT2D eigenvalue weighted by molar-refractivity contribution is -0.384. The lowest BCUT2D eigenvalue weighted by atomic mass is 10.2. The number of carbonyl (C=O) groups is 1. The predicted molar refractivity (Wildman–Crippen MR) is 87.1 cm³/mol. The molecule has 0 spiro atoms. The van der Waals surface area contributed by atoms with Gasteiger partial charge in [-0.1, -0.05) is 6.07 Å². The van der Waals surface area contributed by atoms with Gasteiger partial charge in [-0.3, -0.25) is 14.9 Å². The topological polar surface area (TPSA) is 75.5 Å². The summed E-state index contributed by atoms with van der Waals surface area (Å²) in [5.74, 6) is -0.933. The molecule has 1 aromatic carbocycles. The summed E-state index contributed by atoms with van der Waals surface area (Å²) < 4.78 is 13.2. The summed E-state index contributed by atoms with van der Waals surface area (Å²) in [5, 5.41) is 15.8. The van der Waals surface area contributed by atoms with Gasteiger partial charge >= 0.3 is 0 Å². The lowest BCUT2D eigenvalue weighted by Crippen LogP contribution is -2.37. The van der Waals surface area contributed by atoms with Crippen molar-refractivity contribution in [2.45, 2.75) is 13.5 Å². The Kier molecular flexibility index (Phi) is 5.64. The van der Waals surface area contributed by atoms with E-state index in [9.17, 15) is 19.3 Å². The zero-order valence-electron chi connectivity index (χ0n) is 12.5. The summed E-state index contributed by atoms with van der Waals surface area (Å²) >= 11 is 1.53. The van der Waals surface area contributed by atoms with Gasteiger partial charge in [0.05, 0.1) is 24.1 Å². The molecule has 1 amide bonds. The molecule has 2 rings (SSSR count). The van der Waals surface area contributed by atoms with Gasteiger partial charge in [0.25, 0.3) is 5.69 Å². The molecule has 0 aliphatic rings. The largest absolute Gasteiger partial charge is 0.357 e. The molecule has 0 saturated heterocycles. The van der Waals surface area contributed by atoms with Crippen LogP contribution >= 0.6 is 11.3 Å². The van der Waals surface area contributed by atoms with Crippen molar-refractivity contribution < 1.29 is 14.1 Å². The lowest BCUT2D eigenvalue weighted by Gasteiger charge is -2.22. The molecule has 6 nitrogen and oxygen atoms in total. The molecule has 0 fully saturated rings. The molecule has 2 aromatic rings. The minimum Gasteiger partial charge on any atom is -0.357 e. The van der Waals surface area contributed by atoms with Gasteiger partial charge in [-0.05, 0) is 30.5 Å². The Morgan fingerprint density at radius 1 is 1.43 bits per heavy atom. The third-order valence-electron chi connectivity index (χ3n) is 3.23. The summed E-state index contributed by atoms with van der Waals surface area (Å²) in [6.45, 7) is 2.55. The molecule has 1 N–H and O–H groups in total. The van der Waals surface area contributed by atoms with E-state index in [2.05, 4.69) is 5.32 Å². The standard InChI is InChI=1S/C15H16FN3O3S/c1-2-18(10-15(20)17-9-12-4-3-7-23-12)13-6-5-11(16)8-14(13)19(21)22/h3-8H,2,9-10H2,1H3,(H,17,20). The van der Waals surface area contributed by atoms with Crippen molar-refractivity contribution in [3.05, 3.63) is 56.5 Å². The van der Waals surface area contributed by atoms with Crippen LogP contribution in [0.2, 0.25) is 0 Å². The SMILES string of the molecule is CCN(CC(=O)NCc1cccs1)c1ccc(F)cc1[N+](=O)[O-]. The average molecular weight is 337 g/mol. The van der Waals surface area contributed by atoms with Crippen LogP contribution in [0.25, 0.3) is 0 Å². The van der Waals surface area contributed by atoms with Crippen LogP contribution < -0.4 is 10.2 Å². The van der Waals surface area contributed by atoms with Gasteiger partial charge < -0.3 is 10.2 Å². The fraction of sp³-hybridized carbons (Fsp3) is 0.267. The molecule has 0 bridgehead atoms. The van der Waals surface area contributed by atoms with E-state index in [-0.39, 0.29) is 23.8 Å². The number of nitro benzene ring substituents is 1. The number of amides is 1. The third kappa shape index (κ3) is 4.49. The van der Waals surface area contributed by atoms with Crippen LogP contribution in [0, 0.1) is 15.9 Å². The summed E-state index contributed by atoms with van der Waals surface area (Å²) in [6, 6.07) is 7.14. The molecule has 0 radical (unpaired) electrons. The fourth-order valence-corrected chi connectivity index (χ4v) is 2.75. The number of nitrogens with one attached hydrogen (secondary N) is 1. The minimum atomic E-state index is -0.682. The fourth-order valence-electron chi connectivity index (χ4n) is 2.11.